The lowest BCUT2D eigenvalue weighted by molar-refractivity contribution is 0.726. The summed E-state index contributed by atoms with van der Waals surface area (Å²) in [6.45, 7) is 7.74. The Labute approximate surface area is 137 Å². The van der Waals surface area contributed by atoms with Gasteiger partial charge in [0.15, 0.2) is 0 Å². The molecule has 4 rings (SSSR count). The van der Waals surface area contributed by atoms with E-state index in [1.165, 1.54) is 4.88 Å². The Morgan fingerprint density at radius 1 is 1.39 bits per heavy atom. The fraction of sp³-hybridized carbons (Fsp3) is 0.353. The summed E-state index contributed by atoms with van der Waals surface area (Å²) in [6, 6.07) is 0. The number of rotatable bonds is 2. The average molecular weight is 326 g/mol. The number of thiophene rings is 1. The van der Waals surface area contributed by atoms with E-state index in [4.69, 9.17) is 4.98 Å². The normalized spacial score (nSPS) is 15.7. The number of aromatic nitrogens is 4. The van der Waals surface area contributed by atoms with Crippen molar-refractivity contribution in [3.8, 4) is 0 Å². The first-order chi connectivity index (χ1) is 11.1. The molecule has 0 bridgehead atoms. The first-order valence-electron chi connectivity index (χ1n) is 7.81. The van der Waals surface area contributed by atoms with Crippen LogP contribution in [0, 0.1) is 13.8 Å². The Morgan fingerprint density at radius 2 is 2.22 bits per heavy atom. The van der Waals surface area contributed by atoms with Crippen LogP contribution in [0.15, 0.2) is 17.3 Å². The first kappa shape index (κ1) is 14.4. The zero-order valence-corrected chi connectivity index (χ0v) is 14.3. The third-order valence-corrected chi connectivity index (χ3v) is 5.62. The molecule has 4 heterocycles. The highest BCUT2D eigenvalue weighted by atomic mass is 32.1. The number of aryl methyl sites for hydroxylation is 3. The lowest BCUT2D eigenvalue weighted by atomic mass is 10.2. The Kier molecular flexibility index (Phi) is 3.23. The topological polar surface area (TPSA) is 52.7 Å². The van der Waals surface area contributed by atoms with Crippen LogP contribution >= 0.6 is 11.3 Å². The van der Waals surface area contributed by atoms with Gasteiger partial charge in [-0.3, -0.25) is 9.36 Å². The van der Waals surface area contributed by atoms with Crippen LogP contribution in [0.4, 0.5) is 0 Å². The molecule has 0 spiro atoms. The van der Waals surface area contributed by atoms with E-state index in [1.807, 2.05) is 35.5 Å². The van der Waals surface area contributed by atoms with Crippen LogP contribution in [-0.4, -0.2) is 19.1 Å². The van der Waals surface area contributed by atoms with Crippen molar-refractivity contribution in [1.82, 2.24) is 19.1 Å². The van der Waals surface area contributed by atoms with Gasteiger partial charge in [0.25, 0.3) is 5.56 Å². The van der Waals surface area contributed by atoms with Crippen molar-refractivity contribution in [2.24, 2.45) is 0 Å². The molecular weight excluding hydrogens is 308 g/mol. The van der Waals surface area contributed by atoms with Gasteiger partial charge in [0, 0.05) is 24.2 Å². The van der Waals surface area contributed by atoms with Gasteiger partial charge in [-0.25, -0.2) is 9.97 Å². The summed E-state index contributed by atoms with van der Waals surface area (Å²) in [5, 5.41) is 0.785. The maximum atomic E-state index is 12.8. The van der Waals surface area contributed by atoms with Gasteiger partial charge in [0.1, 0.15) is 10.7 Å². The van der Waals surface area contributed by atoms with Crippen LogP contribution in [0.25, 0.3) is 21.9 Å². The van der Waals surface area contributed by atoms with E-state index in [-0.39, 0.29) is 5.56 Å². The maximum absolute atomic E-state index is 12.8. The second-order valence-electron chi connectivity index (χ2n) is 5.90. The molecule has 0 amide bonds. The molecular formula is C17H18N4OS. The van der Waals surface area contributed by atoms with Crippen LogP contribution < -0.4 is 5.56 Å². The summed E-state index contributed by atoms with van der Waals surface area (Å²) < 4.78 is 3.85. The number of allylic oxidation sites excluding steroid dienone is 1. The molecule has 0 radical (unpaired) electrons. The van der Waals surface area contributed by atoms with Crippen LogP contribution in [0.3, 0.4) is 0 Å². The molecule has 0 atom stereocenters. The Bertz CT molecular complexity index is 1010. The molecule has 0 fully saturated rings. The van der Waals surface area contributed by atoms with Crippen LogP contribution in [0.5, 0.6) is 0 Å². The summed E-state index contributed by atoms with van der Waals surface area (Å²) in [6.07, 6.45) is 6.73. The van der Waals surface area contributed by atoms with Crippen LogP contribution in [0.1, 0.15) is 35.3 Å². The Hall–Kier alpha value is -2.21. The van der Waals surface area contributed by atoms with E-state index < -0.39 is 0 Å². The highest BCUT2D eigenvalue weighted by molar-refractivity contribution is 7.18. The molecule has 6 heteroatoms. The molecule has 0 aromatic carbocycles. The van der Waals surface area contributed by atoms with Crippen molar-refractivity contribution in [3.05, 3.63) is 44.8 Å². The van der Waals surface area contributed by atoms with Crippen molar-refractivity contribution in [2.75, 3.05) is 0 Å². The van der Waals surface area contributed by atoms with Gasteiger partial charge in [-0.1, -0.05) is 0 Å². The molecule has 0 unspecified atom stereocenters. The molecule has 3 aromatic heterocycles. The van der Waals surface area contributed by atoms with E-state index in [0.29, 0.717) is 6.54 Å². The van der Waals surface area contributed by atoms with Gasteiger partial charge >= 0.3 is 0 Å². The first-order valence-corrected chi connectivity index (χ1v) is 8.63. The molecule has 3 aromatic rings. The van der Waals surface area contributed by atoms with Crippen molar-refractivity contribution < 1.29 is 0 Å². The van der Waals surface area contributed by atoms with E-state index in [9.17, 15) is 4.79 Å². The quantitative estimate of drug-likeness (QED) is 0.726. The van der Waals surface area contributed by atoms with Gasteiger partial charge in [0.2, 0.25) is 0 Å². The molecule has 0 N–H and O–H groups in total. The highest BCUT2D eigenvalue weighted by Crippen LogP contribution is 2.31. The van der Waals surface area contributed by atoms with Gasteiger partial charge in [-0.05, 0) is 44.4 Å². The zero-order chi connectivity index (χ0) is 16.1. The molecule has 0 saturated heterocycles. The van der Waals surface area contributed by atoms with Crippen molar-refractivity contribution >= 4 is 33.2 Å². The molecule has 0 saturated carbocycles. The highest BCUT2D eigenvalue weighted by Gasteiger charge is 2.23. The molecule has 0 aliphatic carbocycles. The predicted molar refractivity (Wildman–Crippen MR) is 93.7 cm³/mol. The fourth-order valence-electron chi connectivity index (χ4n) is 3.06. The Morgan fingerprint density at radius 3 is 2.96 bits per heavy atom. The second kappa shape index (κ2) is 5.16. The van der Waals surface area contributed by atoms with E-state index >= 15 is 0 Å². The lowest BCUT2D eigenvalue weighted by Gasteiger charge is -2.03. The van der Waals surface area contributed by atoms with Crippen LogP contribution in [-0.2, 0) is 13.1 Å². The van der Waals surface area contributed by atoms with Gasteiger partial charge in [-0.2, -0.15) is 0 Å². The molecule has 1 aliphatic heterocycles. The van der Waals surface area contributed by atoms with Crippen LogP contribution in [0.2, 0.25) is 0 Å². The minimum absolute atomic E-state index is 0.0920. The minimum atomic E-state index is 0.0920. The number of fused-ring (bicyclic) bond motifs is 2. The molecule has 1 aliphatic rings. The minimum Gasteiger partial charge on any atom is -0.337 e. The molecule has 5 nitrogen and oxygen atoms in total. The predicted octanol–water partition coefficient (Wildman–Crippen LogP) is 3.24. The van der Waals surface area contributed by atoms with Gasteiger partial charge in [-0.15, -0.1) is 11.3 Å². The van der Waals surface area contributed by atoms with Gasteiger partial charge in [0.05, 0.1) is 17.4 Å². The number of hydrogen-bond acceptors (Lipinski definition) is 4. The molecule has 23 heavy (non-hydrogen) atoms. The third kappa shape index (κ3) is 2.16. The largest absolute Gasteiger partial charge is 0.337 e. The van der Waals surface area contributed by atoms with Crippen molar-refractivity contribution in [3.63, 3.8) is 0 Å². The standard InChI is InChI=1S/C17H18N4OS/c1-4-20-8-13(18-9-20)7-12-5-6-21-15(12)19-16-14(17(21)22)10(2)11(3)23-16/h7-9H,4-6H2,1-3H3/b12-7-. The summed E-state index contributed by atoms with van der Waals surface area (Å²) >= 11 is 1.60. The molecule has 118 valence electrons. The summed E-state index contributed by atoms with van der Waals surface area (Å²) in [4.78, 5) is 24.0. The summed E-state index contributed by atoms with van der Waals surface area (Å²) in [5.74, 6) is 0.801. The van der Waals surface area contributed by atoms with E-state index in [1.54, 1.807) is 11.3 Å². The summed E-state index contributed by atoms with van der Waals surface area (Å²) in [5.41, 5.74) is 3.17. The Balaban J connectivity index is 1.88. The second-order valence-corrected chi connectivity index (χ2v) is 7.11. The smallest absolute Gasteiger partial charge is 0.262 e. The lowest BCUT2D eigenvalue weighted by Crippen LogP contribution is -2.20. The SMILES string of the molecule is CCn1cnc(/C=C2/CCn3c2nc2sc(C)c(C)c2c3=O)c1. The monoisotopic (exact) mass is 326 g/mol. The number of nitrogens with zero attached hydrogens (tertiary/aromatic N) is 4. The van der Waals surface area contributed by atoms with Crippen molar-refractivity contribution in [1.29, 1.82) is 0 Å². The number of hydrogen-bond donors (Lipinski definition) is 0. The maximum Gasteiger partial charge on any atom is 0.262 e. The van der Waals surface area contributed by atoms with E-state index in [2.05, 4.69) is 18.0 Å². The zero-order valence-electron chi connectivity index (χ0n) is 13.5. The third-order valence-electron chi connectivity index (χ3n) is 4.52. The average Bonchev–Trinajstić information content (AvgIpc) is 3.21. The van der Waals surface area contributed by atoms with E-state index in [0.717, 1.165) is 45.8 Å². The van der Waals surface area contributed by atoms with Gasteiger partial charge < -0.3 is 4.57 Å². The van der Waals surface area contributed by atoms with Crippen molar-refractivity contribution in [2.45, 2.75) is 40.3 Å². The number of imidazole rings is 1. The summed E-state index contributed by atoms with van der Waals surface area (Å²) in [7, 11) is 0. The fourth-order valence-corrected chi connectivity index (χ4v) is 4.08.